The molecular weight excluding hydrogens is 276 g/mol. The second-order valence-corrected chi connectivity index (χ2v) is 5.62. The fourth-order valence-corrected chi connectivity index (χ4v) is 2.62. The van der Waals surface area contributed by atoms with Crippen LogP contribution in [0.5, 0.6) is 0 Å². The molecule has 1 unspecified atom stereocenters. The Kier molecular flexibility index (Phi) is 6.24. The molecule has 1 rings (SSSR count). The third-order valence-electron chi connectivity index (χ3n) is 2.99. The van der Waals surface area contributed by atoms with E-state index in [1.54, 1.807) is 23.3 Å². The fourth-order valence-electron chi connectivity index (χ4n) is 1.80. The van der Waals surface area contributed by atoms with Gasteiger partial charge in [-0.2, -0.15) is 0 Å². The summed E-state index contributed by atoms with van der Waals surface area (Å²) in [4.78, 5) is 27.1. The zero-order valence-corrected chi connectivity index (χ0v) is 12.6. The van der Waals surface area contributed by atoms with Gasteiger partial charge in [0.25, 0.3) is 0 Å². The van der Waals surface area contributed by atoms with Crippen LogP contribution in [0.1, 0.15) is 11.8 Å². The Morgan fingerprint density at radius 2 is 2.25 bits per heavy atom. The number of carbonyl (C=O) groups is 2. The van der Waals surface area contributed by atoms with Gasteiger partial charge in [0.05, 0.1) is 0 Å². The molecule has 1 atom stereocenters. The summed E-state index contributed by atoms with van der Waals surface area (Å²) in [5.74, 6) is -1.03. The highest BCUT2D eigenvalue weighted by molar-refractivity contribution is 7.09. The van der Waals surface area contributed by atoms with E-state index in [0.717, 1.165) is 6.42 Å². The number of hydrogen-bond donors (Lipinski definition) is 1. The minimum atomic E-state index is -1.03. The maximum atomic E-state index is 12.3. The van der Waals surface area contributed by atoms with Crippen molar-refractivity contribution in [3.05, 3.63) is 35.0 Å². The molecular formula is C14H20N2O3S. The van der Waals surface area contributed by atoms with Crippen molar-refractivity contribution in [3.63, 3.8) is 0 Å². The maximum absolute atomic E-state index is 12.3. The minimum absolute atomic E-state index is 0.00209. The van der Waals surface area contributed by atoms with Crippen LogP contribution in [0.3, 0.4) is 0 Å². The van der Waals surface area contributed by atoms with Crippen LogP contribution in [0.15, 0.2) is 30.2 Å². The first kappa shape index (κ1) is 16.2. The Morgan fingerprint density at radius 3 is 2.75 bits per heavy atom. The van der Waals surface area contributed by atoms with Crippen molar-refractivity contribution in [2.24, 2.45) is 0 Å². The molecule has 0 fully saturated rings. The van der Waals surface area contributed by atoms with E-state index < -0.39 is 5.97 Å². The van der Waals surface area contributed by atoms with Gasteiger partial charge in [-0.15, -0.1) is 17.9 Å². The van der Waals surface area contributed by atoms with E-state index in [1.165, 1.54) is 15.9 Å². The number of amides is 2. The van der Waals surface area contributed by atoms with Crippen molar-refractivity contribution < 1.29 is 14.7 Å². The first-order valence-corrected chi connectivity index (χ1v) is 7.20. The molecule has 1 N–H and O–H groups in total. The summed E-state index contributed by atoms with van der Waals surface area (Å²) < 4.78 is 0. The van der Waals surface area contributed by atoms with Crippen LogP contribution in [-0.4, -0.2) is 53.1 Å². The maximum Gasteiger partial charge on any atom is 0.323 e. The third-order valence-corrected chi connectivity index (χ3v) is 3.88. The molecule has 0 aliphatic heterocycles. The summed E-state index contributed by atoms with van der Waals surface area (Å²) >= 11 is 1.65. The lowest BCUT2D eigenvalue weighted by atomic mass is 10.2. The van der Waals surface area contributed by atoms with Crippen LogP contribution in [0, 0.1) is 0 Å². The Labute approximate surface area is 123 Å². The van der Waals surface area contributed by atoms with E-state index in [2.05, 4.69) is 6.58 Å². The van der Waals surface area contributed by atoms with Crippen molar-refractivity contribution >= 4 is 23.3 Å². The average molecular weight is 296 g/mol. The third kappa shape index (κ3) is 4.70. The first-order chi connectivity index (χ1) is 9.45. The zero-order valence-electron chi connectivity index (χ0n) is 11.8. The summed E-state index contributed by atoms with van der Waals surface area (Å²) in [6, 6.07) is 3.71. The number of nitrogens with zero attached hydrogens (tertiary/aromatic N) is 2. The monoisotopic (exact) mass is 296 g/mol. The summed E-state index contributed by atoms with van der Waals surface area (Å²) in [5.41, 5.74) is 0. The SMILES string of the molecule is C=CCN(CC(=O)O)C(=O)N(C)C(C)Cc1cccs1. The van der Waals surface area contributed by atoms with Crippen LogP contribution in [0.2, 0.25) is 0 Å². The predicted octanol–water partition coefficient (Wildman–Crippen LogP) is 2.30. The number of aliphatic carboxylic acids is 1. The smallest absolute Gasteiger partial charge is 0.323 e. The largest absolute Gasteiger partial charge is 0.480 e. The van der Waals surface area contributed by atoms with E-state index in [1.807, 2.05) is 24.4 Å². The van der Waals surface area contributed by atoms with E-state index in [4.69, 9.17) is 5.11 Å². The number of carboxylic acids is 1. The van der Waals surface area contributed by atoms with Gasteiger partial charge in [0.1, 0.15) is 6.54 Å². The quantitative estimate of drug-likeness (QED) is 0.785. The highest BCUT2D eigenvalue weighted by Crippen LogP contribution is 2.14. The molecule has 0 aliphatic rings. The van der Waals surface area contributed by atoms with Gasteiger partial charge in [0.2, 0.25) is 0 Å². The molecule has 110 valence electrons. The molecule has 1 aromatic heterocycles. The molecule has 1 aromatic rings. The molecule has 0 saturated heterocycles. The topological polar surface area (TPSA) is 60.9 Å². The number of carboxylic acid groups (broad SMARTS) is 1. The standard InChI is InChI=1S/C14H20N2O3S/c1-4-7-16(10-13(17)18)14(19)15(3)11(2)9-12-6-5-8-20-12/h4-6,8,11H,1,7,9-10H2,2-3H3,(H,17,18). The Hall–Kier alpha value is -1.82. The molecule has 6 heteroatoms. The number of hydrogen-bond acceptors (Lipinski definition) is 3. The number of likely N-dealkylation sites (N-methyl/N-ethyl adjacent to an activating group) is 1. The van der Waals surface area contributed by atoms with Gasteiger partial charge in [0, 0.05) is 30.9 Å². The van der Waals surface area contributed by atoms with Crippen LogP contribution in [-0.2, 0) is 11.2 Å². The average Bonchev–Trinajstić information content (AvgIpc) is 2.88. The van der Waals surface area contributed by atoms with E-state index in [0.29, 0.717) is 0 Å². The van der Waals surface area contributed by atoms with Crippen molar-refractivity contribution in [2.75, 3.05) is 20.1 Å². The van der Waals surface area contributed by atoms with Crippen LogP contribution in [0.25, 0.3) is 0 Å². The van der Waals surface area contributed by atoms with Crippen molar-refractivity contribution in [1.82, 2.24) is 9.80 Å². The first-order valence-electron chi connectivity index (χ1n) is 6.32. The minimum Gasteiger partial charge on any atom is -0.480 e. The molecule has 0 aromatic carbocycles. The van der Waals surface area contributed by atoms with Gasteiger partial charge in [-0.3, -0.25) is 4.79 Å². The van der Waals surface area contributed by atoms with Gasteiger partial charge in [-0.25, -0.2) is 4.79 Å². The van der Waals surface area contributed by atoms with Gasteiger partial charge in [-0.05, 0) is 18.4 Å². The van der Waals surface area contributed by atoms with Crippen molar-refractivity contribution in [3.8, 4) is 0 Å². The lowest BCUT2D eigenvalue weighted by Gasteiger charge is -2.30. The summed E-state index contributed by atoms with van der Waals surface area (Å²) in [7, 11) is 1.69. The molecule has 0 saturated carbocycles. The Bertz CT molecular complexity index is 459. The number of carbonyl (C=O) groups excluding carboxylic acids is 1. The van der Waals surface area contributed by atoms with Gasteiger partial charge in [-0.1, -0.05) is 12.1 Å². The Balaban J connectivity index is 2.66. The zero-order chi connectivity index (χ0) is 15.1. The van der Waals surface area contributed by atoms with Crippen molar-refractivity contribution in [1.29, 1.82) is 0 Å². The molecule has 0 aliphatic carbocycles. The number of urea groups is 1. The summed E-state index contributed by atoms with van der Waals surface area (Å²) in [6.07, 6.45) is 2.29. The fraction of sp³-hybridized carbons (Fsp3) is 0.429. The molecule has 5 nitrogen and oxygen atoms in total. The lowest BCUT2D eigenvalue weighted by Crippen LogP contribution is -2.47. The van der Waals surface area contributed by atoms with Crippen LogP contribution < -0.4 is 0 Å². The predicted molar refractivity (Wildman–Crippen MR) is 80.0 cm³/mol. The highest BCUT2D eigenvalue weighted by Gasteiger charge is 2.23. The van der Waals surface area contributed by atoms with Gasteiger partial charge in [0.15, 0.2) is 0 Å². The van der Waals surface area contributed by atoms with Gasteiger partial charge < -0.3 is 14.9 Å². The number of thiophene rings is 1. The van der Waals surface area contributed by atoms with Crippen LogP contribution in [0.4, 0.5) is 4.79 Å². The summed E-state index contributed by atoms with van der Waals surface area (Å²) in [5, 5.41) is 10.8. The van der Waals surface area contributed by atoms with Crippen molar-refractivity contribution in [2.45, 2.75) is 19.4 Å². The molecule has 2 amide bonds. The second kappa shape index (κ2) is 7.69. The molecule has 0 spiro atoms. The molecule has 20 heavy (non-hydrogen) atoms. The number of rotatable bonds is 7. The van der Waals surface area contributed by atoms with E-state index in [-0.39, 0.29) is 25.2 Å². The van der Waals surface area contributed by atoms with E-state index >= 15 is 0 Å². The molecule has 0 bridgehead atoms. The highest BCUT2D eigenvalue weighted by atomic mass is 32.1. The summed E-state index contributed by atoms with van der Waals surface area (Å²) in [6.45, 7) is 5.41. The van der Waals surface area contributed by atoms with E-state index in [9.17, 15) is 9.59 Å². The molecule has 1 heterocycles. The Morgan fingerprint density at radius 1 is 1.55 bits per heavy atom. The van der Waals surface area contributed by atoms with Gasteiger partial charge >= 0.3 is 12.0 Å². The second-order valence-electron chi connectivity index (χ2n) is 4.59. The molecule has 0 radical (unpaired) electrons. The van der Waals surface area contributed by atoms with Crippen LogP contribution >= 0.6 is 11.3 Å². The normalized spacial score (nSPS) is 11.7. The lowest BCUT2D eigenvalue weighted by molar-refractivity contribution is -0.137.